The van der Waals surface area contributed by atoms with E-state index >= 15 is 0 Å². The Morgan fingerprint density at radius 3 is 2.57 bits per heavy atom. The van der Waals surface area contributed by atoms with Gasteiger partial charge < -0.3 is 10.0 Å². The number of carboxylic acids is 1. The quantitative estimate of drug-likeness (QED) is 0.337. The molecule has 0 atom stereocenters. The van der Waals surface area contributed by atoms with Gasteiger partial charge in [0.1, 0.15) is 0 Å². The van der Waals surface area contributed by atoms with Crippen LogP contribution in [0.3, 0.4) is 0 Å². The fourth-order valence-corrected chi connectivity index (χ4v) is 6.26. The van der Waals surface area contributed by atoms with Crippen molar-refractivity contribution in [3.05, 3.63) is 105 Å². The predicted octanol–water partition coefficient (Wildman–Crippen LogP) is 7.48. The summed E-state index contributed by atoms with van der Waals surface area (Å²) in [5, 5.41) is 10.3. The zero-order chi connectivity index (χ0) is 25.9. The molecule has 1 fully saturated rings. The number of fused-ring (bicyclic) bond motifs is 1. The van der Waals surface area contributed by atoms with Crippen molar-refractivity contribution < 1.29 is 14.3 Å². The molecule has 192 valence electrons. The summed E-state index contributed by atoms with van der Waals surface area (Å²) in [6, 6.07) is 20.4. The molecule has 0 unspecified atom stereocenters. The highest BCUT2D eigenvalue weighted by Gasteiger charge is 2.27. The number of allylic oxidation sites excluding steroid dienone is 1. The lowest BCUT2D eigenvalue weighted by Gasteiger charge is -2.39. The van der Waals surface area contributed by atoms with Gasteiger partial charge in [0.25, 0.3) is 0 Å². The van der Waals surface area contributed by atoms with Crippen molar-refractivity contribution in [1.29, 1.82) is 0 Å². The molecule has 0 spiro atoms. The Bertz CT molecular complexity index is 1300. The van der Waals surface area contributed by atoms with Gasteiger partial charge in [0.05, 0.1) is 12.2 Å². The molecule has 1 saturated heterocycles. The van der Waals surface area contributed by atoms with Crippen LogP contribution in [-0.4, -0.2) is 42.3 Å². The molecule has 1 heterocycles. The maximum atomic E-state index is 12.4. The highest BCUT2D eigenvalue weighted by Crippen LogP contribution is 2.43. The maximum Gasteiger partial charge on any atom is 0.335 e. The number of likely N-dealkylation sites (tertiary alicyclic amines) is 1. The third-order valence-corrected chi connectivity index (χ3v) is 8.04. The molecule has 37 heavy (non-hydrogen) atoms. The summed E-state index contributed by atoms with van der Waals surface area (Å²) in [6.07, 6.45) is 4.28. The first-order chi connectivity index (χ1) is 17.9. The molecular formula is C32H33ClFNO2. The van der Waals surface area contributed by atoms with Gasteiger partial charge in [0.2, 0.25) is 0 Å². The van der Waals surface area contributed by atoms with Crippen LogP contribution in [0.25, 0.3) is 11.1 Å². The highest BCUT2D eigenvalue weighted by molar-refractivity contribution is 6.33. The molecule has 3 aromatic rings. The van der Waals surface area contributed by atoms with Crippen LogP contribution in [0.5, 0.6) is 0 Å². The van der Waals surface area contributed by atoms with Crippen LogP contribution in [0, 0.1) is 12.8 Å². The number of alkyl halides is 1. The van der Waals surface area contributed by atoms with Crippen LogP contribution in [0.4, 0.5) is 4.39 Å². The average Bonchev–Trinajstić information content (AvgIpc) is 3.04. The molecule has 1 aliphatic carbocycles. The van der Waals surface area contributed by atoms with E-state index in [4.69, 9.17) is 11.6 Å². The first-order valence-corrected chi connectivity index (χ1v) is 13.5. The minimum atomic E-state index is -0.900. The fraction of sp³-hybridized carbons (Fsp3) is 0.344. The van der Waals surface area contributed by atoms with E-state index in [-0.39, 0.29) is 6.67 Å². The van der Waals surface area contributed by atoms with Crippen LogP contribution in [0.15, 0.2) is 60.7 Å². The minimum Gasteiger partial charge on any atom is -0.478 e. The summed E-state index contributed by atoms with van der Waals surface area (Å²) in [6.45, 7) is 4.80. The van der Waals surface area contributed by atoms with Crippen LogP contribution >= 0.6 is 11.6 Å². The van der Waals surface area contributed by atoms with Gasteiger partial charge in [-0.25, -0.2) is 4.79 Å². The monoisotopic (exact) mass is 517 g/mol. The number of nitrogens with zero attached hydrogens (tertiary/aromatic N) is 1. The number of aryl methyl sites for hydroxylation is 2. The molecule has 0 bridgehead atoms. The molecule has 1 aliphatic heterocycles. The Morgan fingerprint density at radius 2 is 1.86 bits per heavy atom. The molecule has 3 nitrogen and oxygen atoms in total. The molecule has 1 N–H and O–H groups in total. The van der Waals surface area contributed by atoms with E-state index in [1.807, 2.05) is 24.3 Å². The third kappa shape index (κ3) is 5.51. The van der Waals surface area contributed by atoms with E-state index in [2.05, 4.69) is 42.2 Å². The summed E-state index contributed by atoms with van der Waals surface area (Å²) in [4.78, 5) is 14.0. The Kier molecular flexibility index (Phi) is 7.78. The number of carboxylic acid groups (broad SMARTS) is 1. The summed E-state index contributed by atoms with van der Waals surface area (Å²) in [7, 11) is 0. The van der Waals surface area contributed by atoms with Crippen LogP contribution in [0.1, 0.15) is 63.0 Å². The smallest absolute Gasteiger partial charge is 0.335 e. The van der Waals surface area contributed by atoms with Crippen molar-refractivity contribution >= 4 is 28.7 Å². The standard InChI is InChI=1S/C32H33ClFNO2/c1-21-5-2-8-29(33)30(21)28-7-3-6-25-18-26(32(36)37)13-14-27(25)31(28)24-11-9-22(10-12-24)17-23-19-35(20-23)16-4-15-34/h2,5,8-14,18,23H,3-4,6-7,15-17,19-20H2,1H3,(H,36,37). The van der Waals surface area contributed by atoms with Gasteiger partial charge in [-0.2, -0.15) is 0 Å². The number of hydrogen-bond donors (Lipinski definition) is 1. The van der Waals surface area contributed by atoms with Crippen LogP contribution in [0.2, 0.25) is 5.02 Å². The number of rotatable bonds is 8. The van der Waals surface area contributed by atoms with E-state index in [1.165, 1.54) is 11.1 Å². The van der Waals surface area contributed by atoms with Crippen molar-refractivity contribution in [2.75, 3.05) is 26.3 Å². The molecule has 0 amide bonds. The molecule has 3 aromatic carbocycles. The molecule has 2 aliphatic rings. The van der Waals surface area contributed by atoms with E-state index in [1.54, 1.807) is 6.07 Å². The topological polar surface area (TPSA) is 40.5 Å². The predicted molar refractivity (Wildman–Crippen MR) is 149 cm³/mol. The Morgan fingerprint density at radius 1 is 1.08 bits per heavy atom. The first kappa shape index (κ1) is 25.7. The first-order valence-electron chi connectivity index (χ1n) is 13.2. The second kappa shape index (κ2) is 11.2. The number of hydrogen-bond acceptors (Lipinski definition) is 2. The van der Waals surface area contributed by atoms with Gasteiger partial charge in [-0.05, 0) is 108 Å². The van der Waals surface area contributed by atoms with Crippen LogP contribution < -0.4 is 0 Å². The third-order valence-electron chi connectivity index (χ3n) is 7.73. The number of halogens is 2. The lowest BCUT2D eigenvalue weighted by molar-refractivity contribution is 0.0696. The average molecular weight is 518 g/mol. The van der Waals surface area contributed by atoms with Gasteiger partial charge >= 0.3 is 5.97 Å². The van der Waals surface area contributed by atoms with Crippen molar-refractivity contribution in [2.45, 2.75) is 39.0 Å². The van der Waals surface area contributed by atoms with E-state index in [0.717, 1.165) is 83.7 Å². The number of aromatic carboxylic acids is 1. The largest absolute Gasteiger partial charge is 0.478 e. The molecule has 5 rings (SSSR count). The van der Waals surface area contributed by atoms with E-state index in [9.17, 15) is 14.3 Å². The second-order valence-corrected chi connectivity index (χ2v) is 10.8. The summed E-state index contributed by atoms with van der Waals surface area (Å²) >= 11 is 6.77. The number of benzene rings is 3. The summed E-state index contributed by atoms with van der Waals surface area (Å²) in [5.41, 5.74) is 9.52. The fourth-order valence-electron chi connectivity index (χ4n) is 5.93. The zero-order valence-electron chi connectivity index (χ0n) is 21.3. The van der Waals surface area contributed by atoms with E-state index < -0.39 is 5.97 Å². The van der Waals surface area contributed by atoms with Gasteiger partial charge in [0, 0.05) is 24.7 Å². The number of carbonyl (C=O) groups is 1. The highest BCUT2D eigenvalue weighted by atomic mass is 35.5. The molecule has 5 heteroatoms. The summed E-state index contributed by atoms with van der Waals surface area (Å²) < 4.78 is 12.4. The lowest BCUT2D eigenvalue weighted by Crippen LogP contribution is -2.47. The molecule has 0 aromatic heterocycles. The maximum absolute atomic E-state index is 12.4. The van der Waals surface area contributed by atoms with Crippen LogP contribution in [-0.2, 0) is 12.8 Å². The molecule has 0 saturated carbocycles. The Hall–Kier alpha value is -2.95. The molecular weight excluding hydrogens is 485 g/mol. The van der Waals surface area contributed by atoms with E-state index in [0.29, 0.717) is 17.9 Å². The van der Waals surface area contributed by atoms with Crippen molar-refractivity contribution in [2.24, 2.45) is 5.92 Å². The normalized spacial score (nSPS) is 16.3. The Labute approximate surface area is 223 Å². The van der Waals surface area contributed by atoms with Crippen molar-refractivity contribution in [1.82, 2.24) is 4.90 Å². The zero-order valence-corrected chi connectivity index (χ0v) is 22.0. The SMILES string of the molecule is Cc1cccc(Cl)c1C1=C(c2ccc(CC3CN(CCCF)C3)cc2)c2ccc(C(=O)O)cc2CCC1. The summed E-state index contributed by atoms with van der Waals surface area (Å²) in [5.74, 6) is -0.276. The van der Waals surface area contributed by atoms with Gasteiger partial charge in [-0.15, -0.1) is 0 Å². The van der Waals surface area contributed by atoms with Crippen molar-refractivity contribution in [3.8, 4) is 0 Å². The molecule has 0 radical (unpaired) electrons. The Balaban J connectivity index is 1.52. The lowest BCUT2D eigenvalue weighted by atomic mass is 9.85. The van der Waals surface area contributed by atoms with Gasteiger partial charge in [-0.3, -0.25) is 4.39 Å². The van der Waals surface area contributed by atoms with Crippen molar-refractivity contribution in [3.63, 3.8) is 0 Å². The minimum absolute atomic E-state index is 0.241. The second-order valence-electron chi connectivity index (χ2n) is 10.4. The van der Waals surface area contributed by atoms with Gasteiger partial charge in [-0.1, -0.05) is 54.1 Å². The van der Waals surface area contributed by atoms with Gasteiger partial charge in [0.15, 0.2) is 0 Å².